The molecular formula is C12H13ClN4O2S. The molecule has 6 nitrogen and oxygen atoms in total. The summed E-state index contributed by atoms with van der Waals surface area (Å²) < 4.78 is 24.3. The molecule has 0 fully saturated rings. The van der Waals surface area contributed by atoms with Crippen molar-refractivity contribution >= 4 is 38.9 Å². The molecule has 0 aliphatic rings. The number of nitrogens with zero attached hydrogens (tertiary/aromatic N) is 2. The van der Waals surface area contributed by atoms with Gasteiger partial charge in [-0.15, -0.1) is 10.2 Å². The molecule has 106 valence electrons. The molecule has 8 heteroatoms. The third kappa shape index (κ3) is 4.07. The van der Waals surface area contributed by atoms with E-state index < -0.39 is 10.0 Å². The van der Waals surface area contributed by atoms with E-state index in [2.05, 4.69) is 20.2 Å². The fourth-order valence-electron chi connectivity index (χ4n) is 1.51. The van der Waals surface area contributed by atoms with Crippen LogP contribution in [-0.2, 0) is 10.0 Å². The summed E-state index contributed by atoms with van der Waals surface area (Å²) in [5, 5.41) is 11.4. The van der Waals surface area contributed by atoms with Crippen molar-refractivity contribution in [2.45, 2.75) is 6.92 Å². The molecule has 0 bridgehead atoms. The highest BCUT2D eigenvalue weighted by Crippen LogP contribution is 2.23. The first-order chi connectivity index (χ1) is 9.33. The highest BCUT2D eigenvalue weighted by molar-refractivity contribution is 7.92. The second-order valence-electron chi connectivity index (χ2n) is 4.26. The van der Waals surface area contributed by atoms with Crippen molar-refractivity contribution in [3.63, 3.8) is 0 Å². The summed E-state index contributed by atoms with van der Waals surface area (Å²) in [6, 6.07) is 8.61. The Labute approximate surface area is 122 Å². The van der Waals surface area contributed by atoms with E-state index in [4.69, 9.17) is 11.6 Å². The normalized spacial score (nSPS) is 11.2. The average Bonchev–Trinajstić information content (AvgIpc) is 2.34. The van der Waals surface area contributed by atoms with Crippen LogP contribution in [0.3, 0.4) is 0 Å². The molecule has 2 N–H and O–H groups in total. The predicted molar refractivity (Wildman–Crippen MR) is 80.0 cm³/mol. The number of halogens is 1. The molecule has 0 atom stereocenters. The fraction of sp³-hybridized carbons (Fsp3) is 0.167. The van der Waals surface area contributed by atoms with E-state index in [1.54, 1.807) is 18.2 Å². The monoisotopic (exact) mass is 312 g/mol. The Kier molecular flexibility index (Phi) is 4.10. The molecule has 1 aromatic carbocycles. The Balaban J connectivity index is 2.17. The van der Waals surface area contributed by atoms with E-state index >= 15 is 0 Å². The molecule has 1 heterocycles. The molecule has 1 aromatic heterocycles. The lowest BCUT2D eigenvalue weighted by Crippen LogP contribution is -2.11. The quantitative estimate of drug-likeness (QED) is 0.906. The maximum absolute atomic E-state index is 11.0. The van der Waals surface area contributed by atoms with Crippen molar-refractivity contribution in [2.75, 3.05) is 16.3 Å². The van der Waals surface area contributed by atoms with Gasteiger partial charge in [0, 0.05) is 10.7 Å². The van der Waals surface area contributed by atoms with E-state index in [0.717, 1.165) is 17.5 Å². The first-order valence-corrected chi connectivity index (χ1v) is 7.95. The van der Waals surface area contributed by atoms with Gasteiger partial charge in [0.1, 0.15) is 0 Å². The number of hydrogen-bond donors (Lipinski definition) is 2. The summed E-state index contributed by atoms with van der Waals surface area (Å²) in [6.45, 7) is 1.94. The van der Waals surface area contributed by atoms with Crippen LogP contribution in [0.25, 0.3) is 0 Å². The van der Waals surface area contributed by atoms with E-state index in [9.17, 15) is 8.42 Å². The van der Waals surface area contributed by atoms with Gasteiger partial charge < -0.3 is 5.32 Å². The molecular weight excluding hydrogens is 300 g/mol. The van der Waals surface area contributed by atoms with E-state index in [1.807, 2.05) is 13.0 Å². The van der Waals surface area contributed by atoms with E-state index in [-0.39, 0.29) is 5.82 Å². The lowest BCUT2D eigenvalue weighted by molar-refractivity contribution is 0.606. The molecule has 0 aliphatic carbocycles. The molecule has 0 radical (unpaired) electrons. The zero-order valence-corrected chi connectivity index (χ0v) is 12.5. The minimum atomic E-state index is -3.35. The van der Waals surface area contributed by atoms with Crippen LogP contribution in [0.15, 0.2) is 30.3 Å². The number of rotatable bonds is 4. The van der Waals surface area contributed by atoms with Gasteiger partial charge in [-0.3, -0.25) is 4.72 Å². The second-order valence-corrected chi connectivity index (χ2v) is 6.45. The maximum atomic E-state index is 11.0. The SMILES string of the molecule is Cc1ccc(Cl)cc1Nc1ccc(NS(C)(=O)=O)nn1. The zero-order valence-electron chi connectivity index (χ0n) is 10.9. The van der Waals surface area contributed by atoms with Gasteiger partial charge in [-0.25, -0.2) is 8.42 Å². The predicted octanol–water partition coefficient (Wildman–Crippen LogP) is 2.55. The fourth-order valence-corrected chi connectivity index (χ4v) is 2.17. The number of sulfonamides is 1. The summed E-state index contributed by atoms with van der Waals surface area (Å²) in [7, 11) is -3.35. The van der Waals surface area contributed by atoms with Gasteiger partial charge in [0.25, 0.3) is 0 Å². The molecule has 20 heavy (non-hydrogen) atoms. The molecule has 0 saturated heterocycles. The van der Waals surface area contributed by atoms with E-state index in [1.165, 1.54) is 6.07 Å². The number of aromatic nitrogens is 2. The van der Waals surface area contributed by atoms with Crippen LogP contribution in [0.5, 0.6) is 0 Å². The van der Waals surface area contributed by atoms with Crippen LogP contribution in [0.4, 0.5) is 17.3 Å². The second kappa shape index (κ2) is 5.64. The van der Waals surface area contributed by atoms with Crippen molar-refractivity contribution in [3.8, 4) is 0 Å². The lowest BCUT2D eigenvalue weighted by atomic mass is 10.2. The van der Waals surface area contributed by atoms with Gasteiger partial charge in [0.2, 0.25) is 10.0 Å². The summed E-state index contributed by atoms with van der Waals surface area (Å²) in [6.07, 6.45) is 1.05. The first-order valence-electron chi connectivity index (χ1n) is 5.68. The van der Waals surface area contributed by atoms with Crippen LogP contribution in [0.2, 0.25) is 5.02 Å². The third-order valence-electron chi connectivity index (χ3n) is 2.42. The topological polar surface area (TPSA) is 84.0 Å². The number of benzene rings is 1. The standard InChI is InChI=1S/C12H13ClN4O2S/c1-8-3-4-9(13)7-10(8)14-11-5-6-12(16-15-11)17-20(2,18)19/h3-7H,1-2H3,(H,14,15)(H,16,17). The van der Waals surface area contributed by atoms with E-state index in [0.29, 0.717) is 10.8 Å². The molecule has 0 spiro atoms. The molecule has 0 saturated carbocycles. The van der Waals surface area contributed by atoms with Gasteiger partial charge in [-0.1, -0.05) is 17.7 Å². The Morgan fingerprint density at radius 3 is 2.35 bits per heavy atom. The summed E-state index contributed by atoms with van der Waals surface area (Å²) in [5.41, 5.74) is 1.82. The van der Waals surface area contributed by atoms with Crippen LogP contribution in [0.1, 0.15) is 5.56 Å². The molecule has 2 rings (SSSR count). The number of anilines is 3. The van der Waals surface area contributed by atoms with Crippen LogP contribution in [-0.4, -0.2) is 24.9 Å². The smallest absolute Gasteiger partial charge is 0.231 e. The Morgan fingerprint density at radius 2 is 1.75 bits per heavy atom. The molecule has 2 aromatic rings. The Bertz CT molecular complexity index is 717. The van der Waals surface area contributed by atoms with Crippen molar-refractivity contribution in [1.82, 2.24) is 10.2 Å². The Morgan fingerprint density at radius 1 is 1.10 bits per heavy atom. The van der Waals surface area contributed by atoms with Gasteiger partial charge in [0.05, 0.1) is 6.26 Å². The zero-order chi connectivity index (χ0) is 14.8. The van der Waals surface area contributed by atoms with Crippen molar-refractivity contribution in [3.05, 3.63) is 40.9 Å². The van der Waals surface area contributed by atoms with Crippen molar-refractivity contribution < 1.29 is 8.42 Å². The third-order valence-corrected chi connectivity index (χ3v) is 3.23. The molecule has 0 amide bonds. The highest BCUT2D eigenvalue weighted by atomic mass is 35.5. The van der Waals surface area contributed by atoms with Crippen molar-refractivity contribution in [2.24, 2.45) is 0 Å². The van der Waals surface area contributed by atoms with Gasteiger partial charge in [-0.05, 0) is 36.8 Å². The van der Waals surface area contributed by atoms with Gasteiger partial charge in [0.15, 0.2) is 11.6 Å². The van der Waals surface area contributed by atoms with Gasteiger partial charge in [-0.2, -0.15) is 0 Å². The number of aryl methyl sites for hydroxylation is 1. The summed E-state index contributed by atoms with van der Waals surface area (Å²) >= 11 is 5.93. The number of hydrogen-bond acceptors (Lipinski definition) is 5. The Hall–Kier alpha value is -1.86. The van der Waals surface area contributed by atoms with Gasteiger partial charge >= 0.3 is 0 Å². The highest BCUT2D eigenvalue weighted by Gasteiger charge is 2.05. The largest absolute Gasteiger partial charge is 0.338 e. The van der Waals surface area contributed by atoms with Crippen LogP contribution >= 0.6 is 11.6 Å². The molecule has 0 unspecified atom stereocenters. The minimum absolute atomic E-state index is 0.167. The first kappa shape index (κ1) is 14.5. The summed E-state index contributed by atoms with van der Waals surface area (Å²) in [5.74, 6) is 0.662. The lowest BCUT2D eigenvalue weighted by Gasteiger charge is -2.09. The van der Waals surface area contributed by atoms with Crippen LogP contribution < -0.4 is 10.0 Å². The number of nitrogens with one attached hydrogen (secondary N) is 2. The van der Waals surface area contributed by atoms with Crippen LogP contribution in [0, 0.1) is 6.92 Å². The summed E-state index contributed by atoms with van der Waals surface area (Å²) in [4.78, 5) is 0. The maximum Gasteiger partial charge on any atom is 0.231 e. The average molecular weight is 313 g/mol. The minimum Gasteiger partial charge on any atom is -0.338 e. The van der Waals surface area contributed by atoms with Crippen molar-refractivity contribution in [1.29, 1.82) is 0 Å². The molecule has 0 aliphatic heterocycles.